The molecule has 22 heavy (non-hydrogen) atoms. The largest absolute Gasteiger partial charge is 0.536 e. The van der Waals surface area contributed by atoms with Crippen molar-refractivity contribution in [3.8, 4) is 12.1 Å². The lowest BCUT2D eigenvalue weighted by Crippen LogP contribution is -2.41. The molecule has 0 N–H and O–H groups in total. The van der Waals surface area contributed by atoms with E-state index in [1.807, 2.05) is 15.5 Å². The zero-order valence-electron chi connectivity index (χ0n) is 13.2. The Morgan fingerprint density at radius 2 is 1.73 bits per heavy atom. The van der Waals surface area contributed by atoms with Gasteiger partial charge in [0.25, 0.3) is 0 Å². The first-order chi connectivity index (χ1) is 10.2. The topological polar surface area (TPSA) is 109 Å². The summed E-state index contributed by atoms with van der Waals surface area (Å²) < 4.78 is 14.9. The molecule has 0 heterocycles. The second-order valence-electron chi connectivity index (χ2n) is 5.33. The van der Waals surface area contributed by atoms with Crippen LogP contribution in [-0.2, 0) is 23.4 Å². The van der Waals surface area contributed by atoms with Crippen molar-refractivity contribution in [1.82, 2.24) is 0 Å². The van der Waals surface area contributed by atoms with Crippen LogP contribution in [0.3, 0.4) is 0 Å². The van der Waals surface area contributed by atoms with E-state index in [0.29, 0.717) is 0 Å². The van der Waals surface area contributed by atoms with E-state index in [4.69, 9.17) is 19.1 Å². The number of nitrogens with zero attached hydrogens (tertiary/aromatic N) is 2. The lowest BCUT2D eigenvalue weighted by molar-refractivity contribution is -0.146. The predicted molar refractivity (Wildman–Crippen MR) is 84.6 cm³/mol. The maximum absolute atomic E-state index is 12.2. The first-order valence-electron chi connectivity index (χ1n) is 6.76. The minimum atomic E-state index is -1.75. The van der Waals surface area contributed by atoms with Gasteiger partial charge in [-0.05, 0) is 27.3 Å². The average Bonchev–Trinajstić information content (AvgIpc) is 2.41. The fourth-order valence-electron chi connectivity index (χ4n) is 1.64. The summed E-state index contributed by atoms with van der Waals surface area (Å²) in [6.07, 6.45) is -0.356. The van der Waals surface area contributed by atoms with Gasteiger partial charge < -0.3 is 13.8 Å². The fraction of sp³-hybridized carbons (Fsp3) is 0.667. The van der Waals surface area contributed by atoms with E-state index in [-0.39, 0.29) is 13.0 Å². The highest BCUT2D eigenvalue weighted by atomic mass is 31.0. The molecule has 0 bridgehead atoms. The van der Waals surface area contributed by atoms with E-state index in [2.05, 4.69) is 0 Å². The molecule has 0 aliphatic rings. The van der Waals surface area contributed by atoms with Gasteiger partial charge in [-0.2, -0.15) is 10.5 Å². The monoisotopic (exact) mass is 324 g/mol. The van der Waals surface area contributed by atoms with Crippen molar-refractivity contribution in [2.24, 2.45) is 11.3 Å². The Kier molecular flexibility index (Phi) is 8.79. The molecule has 0 rings (SSSR count). The van der Waals surface area contributed by atoms with E-state index >= 15 is 0 Å². The van der Waals surface area contributed by atoms with Crippen LogP contribution in [0.15, 0.2) is 0 Å². The summed E-state index contributed by atoms with van der Waals surface area (Å²) in [6.45, 7) is 5.40. The molecule has 0 aromatic heterocycles. The van der Waals surface area contributed by atoms with Gasteiger partial charge in [-0.15, -0.1) is 0 Å². The Morgan fingerprint density at radius 1 is 1.18 bits per heavy atom. The van der Waals surface area contributed by atoms with Crippen LogP contribution in [0.5, 0.6) is 0 Å². The van der Waals surface area contributed by atoms with Gasteiger partial charge in [0.1, 0.15) is 5.92 Å². The first-order valence-corrected chi connectivity index (χ1v) is 7.23. The van der Waals surface area contributed by atoms with Crippen molar-refractivity contribution in [1.29, 1.82) is 10.5 Å². The molecule has 0 amide bonds. The van der Waals surface area contributed by atoms with Crippen molar-refractivity contribution >= 4 is 35.2 Å². The standard InChI is InChI=1S/C12H19B2N2O5P/c1-13(2)20-10(17)9(6-15)5-12(7-16,8-19-22)11(18)21-14(3)4/h9H,5,8,22H2,1-4H3. The molecule has 0 aromatic rings. The van der Waals surface area contributed by atoms with Crippen molar-refractivity contribution < 1.29 is 23.4 Å². The van der Waals surface area contributed by atoms with Crippen LogP contribution in [0.2, 0.25) is 27.3 Å². The van der Waals surface area contributed by atoms with Gasteiger partial charge >= 0.3 is 25.8 Å². The summed E-state index contributed by atoms with van der Waals surface area (Å²) in [7, 11) is 1.93. The third-order valence-electron chi connectivity index (χ3n) is 2.62. The highest BCUT2D eigenvalue weighted by molar-refractivity contribution is 7.09. The third kappa shape index (κ3) is 6.05. The minimum absolute atomic E-state index is 0.313. The minimum Gasteiger partial charge on any atom is -0.536 e. The second kappa shape index (κ2) is 9.46. The number of hydrogen-bond donors (Lipinski definition) is 0. The van der Waals surface area contributed by atoms with Crippen molar-refractivity contribution in [2.75, 3.05) is 6.61 Å². The molecule has 0 saturated carbocycles. The number of carbonyl (C=O) groups excluding carboxylic acids is 2. The van der Waals surface area contributed by atoms with Gasteiger partial charge in [0.2, 0.25) is 0 Å². The van der Waals surface area contributed by atoms with Gasteiger partial charge in [-0.25, -0.2) is 0 Å². The Bertz CT molecular complexity index is 489. The Labute approximate surface area is 133 Å². The van der Waals surface area contributed by atoms with Gasteiger partial charge in [-0.1, -0.05) is 0 Å². The molecule has 0 spiro atoms. The van der Waals surface area contributed by atoms with Crippen molar-refractivity contribution in [3.05, 3.63) is 0 Å². The van der Waals surface area contributed by atoms with Crippen molar-refractivity contribution in [3.63, 3.8) is 0 Å². The van der Waals surface area contributed by atoms with Gasteiger partial charge in [-0.3, -0.25) is 9.59 Å². The smallest absolute Gasteiger partial charge is 0.355 e. The quantitative estimate of drug-likeness (QED) is 0.490. The summed E-state index contributed by atoms with van der Waals surface area (Å²) in [5.41, 5.74) is -1.75. The zero-order valence-corrected chi connectivity index (χ0v) is 14.3. The zero-order chi connectivity index (χ0) is 17.3. The van der Waals surface area contributed by atoms with E-state index < -0.39 is 37.1 Å². The maximum atomic E-state index is 12.2. The second-order valence-corrected chi connectivity index (χ2v) is 5.66. The maximum Gasteiger partial charge on any atom is 0.355 e. The number of hydrogen-bond acceptors (Lipinski definition) is 7. The number of rotatable bonds is 8. The van der Waals surface area contributed by atoms with Crippen LogP contribution in [0, 0.1) is 34.0 Å². The van der Waals surface area contributed by atoms with Crippen LogP contribution >= 0.6 is 9.47 Å². The SMILES string of the molecule is CB(C)OC(=O)C(C#N)CC(C#N)(COP)C(=O)OB(C)C. The summed E-state index contributed by atoms with van der Waals surface area (Å²) in [6, 6.07) is 3.59. The van der Waals surface area contributed by atoms with Crippen LogP contribution < -0.4 is 0 Å². The molecule has 3 atom stereocenters. The summed E-state index contributed by atoms with van der Waals surface area (Å²) in [5.74, 6) is -2.87. The molecule has 0 aliphatic carbocycles. The highest BCUT2D eigenvalue weighted by Gasteiger charge is 2.45. The van der Waals surface area contributed by atoms with Gasteiger partial charge in [0, 0.05) is 15.9 Å². The van der Waals surface area contributed by atoms with E-state index in [1.54, 1.807) is 33.4 Å². The van der Waals surface area contributed by atoms with Gasteiger partial charge in [0.05, 0.1) is 18.7 Å². The third-order valence-corrected chi connectivity index (χ3v) is 2.79. The molecule has 118 valence electrons. The Balaban J connectivity index is 5.36. The molecule has 0 radical (unpaired) electrons. The molecule has 10 heteroatoms. The first kappa shape index (κ1) is 20.4. The van der Waals surface area contributed by atoms with Gasteiger partial charge in [0.15, 0.2) is 5.41 Å². The molecule has 7 nitrogen and oxygen atoms in total. The normalized spacial score (nSPS) is 13.8. The van der Waals surface area contributed by atoms with E-state index in [0.717, 1.165) is 0 Å². The molecule has 0 saturated heterocycles. The predicted octanol–water partition coefficient (Wildman–Crippen LogP) is 1.42. The molecule has 0 fully saturated rings. The van der Waals surface area contributed by atoms with Crippen LogP contribution in [0.25, 0.3) is 0 Å². The Hall–Kier alpha value is -1.56. The number of nitriles is 2. The molecular weight excluding hydrogens is 305 g/mol. The molecular formula is C12H19B2N2O5P. The van der Waals surface area contributed by atoms with E-state index in [9.17, 15) is 14.9 Å². The van der Waals surface area contributed by atoms with Crippen LogP contribution in [0.4, 0.5) is 0 Å². The van der Waals surface area contributed by atoms with E-state index in [1.165, 1.54) is 0 Å². The van der Waals surface area contributed by atoms with Crippen molar-refractivity contribution in [2.45, 2.75) is 33.7 Å². The summed E-state index contributed by atoms with van der Waals surface area (Å²) >= 11 is 0. The number of carbonyl (C=O) groups is 2. The molecule has 0 aliphatic heterocycles. The summed E-state index contributed by atoms with van der Waals surface area (Å²) in [5, 5.41) is 18.5. The summed E-state index contributed by atoms with van der Waals surface area (Å²) in [4.78, 5) is 24.1. The lowest BCUT2D eigenvalue weighted by Gasteiger charge is -2.26. The fourth-order valence-corrected chi connectivity index (χ4v) is 1.92. The van der Waals surface area contributed by atoms with Crippen LogP contribution in [0.1, 0.15) is 6.42 Å². The van der Waals surface area contributed by atoms with Crippen LogP contribution in [-0.4, -0.2) is 32.4 Å². The Morgan fingerprint density at radius 3 is 2.09 bits per heavy atom. The molecule has 3 unspecified atom stereocenters. The molecule has 0 aromatic carbocycles. The average molecular weight is 324 g/mol. The lowest BCUT2D eigenvalue weighted by atomic mass is 9.73. The highest BCUT2D eigenvalue weighted by Crippen LogP contribution is 2.30.